The molecular weight excluding hydrogens is 376 g/mol. The van der Waals surface area contributed by atoms with Crippen LogP contribution in [-0.2, 0) is 0 Å². The molecule has 0 aliphatic heterocycles. The van der Waals surface area contributed by atoms with Gasteiger partial charge in [-0.25, -0.2) is 4.98 Å². The standard InChI is InChI=1S/C29H22N2/c1-19-9-8-10-20(2)28(19)27-18-30-29-24-16-15-22(21-11-4-3-5-12-21)17-25(24)23-13-6-7-14-26(23)31(27)29/h3-18H,1-2H3. The summed E-state index contributed by atoms with van der Waals surface area (Å²) in [5.41, 5.74) is 9.60. The van der Waals surface area contributed by atoms with Crippen molar-refractivity contribution >= 4 is 27.3 Å². The van der Waals surface area contributed by atoms with Crippen molar-refractivity contribution in [1.29, 1.82) is 0 Å². The third-order valence-electron chi connectivity index (χ3n) is 6.30. The Bertz CT molecular complexity index is 1570. The number of para-hydroxylation sites is 1. The summed E-state index contributed by atoms with van der Waals surface area (Å²) in [6.07, 6.45) is 2.03. The van der Waals surface area contributed by atoms with Gasteiger partial charge in [-0.3, -0.25) is 4.40 Å². The molecule has 0 aliphatic carbocycles. The van der Waals surface area contributed by atoms with Crippen molar-refractivity contribution < 1.29 is 0 Å². The highest BCUT2D eigenvalue weighted by atomic mass is 15.0. The van der Waals surface area contributed by atoms with Gasteiger partial charge in [0.1, 0.15) is 5.65 Å². The molecule has 0 saturated carbocycles. The largest absolute Gasteiger partial charge is 0.292 e. The minimum absolute atomic E-state index is 1.01. The molecule has 0 saturated heterocycles. The van der Waals surface area contributed by atoms with Crippen molar-refractivity contribution in [2.24, 2.45) is 0 Å². The number of hydrogen-bond acceptors (Lipinski definition) is 1. The molecule has 0 spiro atoms. The van der Waals surface area contributed by atoms with E-state index >= 15 is 0 Å². The number of rotatable bonds is 2. The number of fused-ring (bicyclic) bond motifs is 6. The summed E-state index contributed by atoms with van der Waals surface area (Å²) in [6.45, 7) is 4.36. The molecule has 2 heterocycles. The number of imidazole rings is 1. The van der Waals surface area contributed by atoms with Crippen molar-refractivity contribution in [3.63, 3.8) is 0 Å². The maximum absolute atomic E-state index is 4.92. The minimum atomic E-state index is 1.01. The third kappa shape index (κ3) is 2.69. The van der Waals surface area contributed by atoms with E-state index in [0.29, 0.717) is 0 Å². The maximum atomic E-state index is 4.92. The van der Waals surface area contributed by atoms with Gasteiger partial charge >= 0.3 is 0 Å². The zero-order valence-corrected chi connectivity index (χ0v) is 17.6. The summed E-state index contributed by atoms with van der Waals surface area (Å²) in [4.78, 5) is 4.92. The summed E-state index contributed by atoms with van der Waals surface area (Å²) in [7, 11) is 0. The van der Waals surface area contributed by atoms with Crippen LogP contribution in [0, 0.1) is 13.8 Å². The molecule has 0 amide bonds. The summed E-state index contributed by atoms with van der Waals surface area (Å²) in [6, 6.07) is 32.4. The molecule has 6 rings (SSSR count). The van der Waals surface area contributed by atoms with Gasteiger partial charge in [0, 0.05) is 16.3 Å². The average Bonchev–Trinajstić information content (AvgIpc) is 3.24. The highest BCUT2D eigenvalue weighted by Crippen LogP contribution is 2.36. The van der Waals surface area contributed by atoms with Crippen molar-refractivity contribution in [3.05, 3.63) is 108 Å². The zero-order chi connectivity index (χ0) is 20.9. The molecule has 6 aromatic rings. The lowest BCUT2D eigenvalue weighted by molar-refractivity contribution is 1.25. The second-order valence-corrected chi connectivity index (χ2v) is 8.21. The Balaban J connectivity index is 1.75. The Morgan fingerprint density at radius 1 is 0.613 bits per heavy atom. The lowest BCUT2D eigenvalue weighted by Gasteiger charge is -2.14. The van der Waals surface area contributed by atoms with Crippen molar-refractivity contribution in [3.8, 4) is 22.4 Å². The Morgan fingerprint density at radius 3 is 2.16 bits per heavy atom. The molecule has 2 aromatic heterocycles. The minimum Gasteiger partial charge on any atom is -0.292 e. The van der Waals surface area contributed by atoms with Gasteiger partial charge < -0.3 is 0 Å². The molecular formula is C29H22N2. The van der Waals surface area contributed by atoms with Crippen molar-refractivity contribution in [2.75, 3.05) is 0 Å². The normalized spacial score (nSPS) is 11.5. The molecule has 0 radical (unpaired) electrons. The van der Waals surface area contributed by atoms with E-state index in [1.165, 1.54) is 49.5 Å². The molecule has 4 aromatic carbocycles. The fourth-order valence-corrected chi connectivity index (χ4v) is 4.85. The number of aromatic nitrogens is 2. The topological polar surface area (TPSA) is 17.3 Å². The number of benzene rings is 4. The van der Waals surface area contributed by atoms with E-state index in [0.717, 1.165) is 11.3 Å². The summed E-state index contributed by atoms with van der Waals surface area (Å²) in [5.74, 6) is 0. The van der Waals surface area contributed by atoms with Crippen LogP contribution in [0.2, 0.25) is 0 Å². The molecule has 0 unspecified atom stereocenters. The van der Waals surface area contributed by atoms with E-state index in [2.05, 4.69) is 109 Å². The van der Waals surface area contributed by atoms with Crippen LogP contribution in [-0.4, -0.2) is 9.38 Å². The zero-order valence-electron chi connectivity index (χ0n) is 17.6. The van der Waals surface area contributed by atoms with Crippen LogP contribution in [0.25, 0.3) is 49.7 Å². The lowest BCUT2D eigenvalue weighted by Crippen LogP contribution is -1.96. The Kier molecular flexibility index (Phi) is 3.94. The van der Waals surface area contributed by atoms with Crippen molar-refractivity contribution in [1.82, 2.24) is 9.38 Å². The van der Waals surface area contributed by atoms with Gasteiger partial charge in [-0.1, -0.05) is 72.8 Å². The van der Waals surface area contributed by atoms with Gasteiger partial charge in [0.15, 0.2) is 0 Å². The fourth-order valence-electron chi connectivity index (χ4n) is 4.85. The van der Waals surface area contributed by atoms with E-state index in [9.17, 15) is 0 Å². The summed E-state index contributed by atoms with van der Waals surface area (Å²) in [5, 5.41) is 3.66. The molecule has 0 bridgehead atoms. The number of nitrogens with zero attached hydrogens (tertiary/aromatic N) is 2. The second-order valence-electron chi connectivity index (χ2n) is 8.21. The Hall–Kier alpha value is -3.91. The van der Waals surface area contributed by atoms with Gasteiger partial charge in [0.2, 0.25) is 0 Å². The average molecular weight is 399 g/mol. The number of aryl methyl sites for hydroxylation is 2. The predicted molar refractivity (Wildman–Crippen MR) is 131 cm³/mol. The molecule has 0 aliphatic rings. The van der Waals surface area contributed by atoms with Crippen LogP contribution in [0.15, 0.2) is 97.2 Å². The summed E-state index contributed by atoms with van der Waals surface area (Å²) >= 11 is 0. The Labute approximate surface area is 181 Å². The first-order valence-electron chi connectivity index (χ1n) is 10.7. The van der Waals surface area contributed by atoms with Gasteiger partial charge in [-0.15, -0.1) is 0 Å². The van der Waals surface area contributed by atoms with Gasteiger partial charge in [-0.2, -0.15) is 0 Å². The van der Waals surface area contributed by atoms with E-state index < -0.39 is 0 Å². The summed E-state index contributed by atoms with van der Waals surface area (Å²) < 4.78 is 2.33. The molecule has 31 heavy (non-hydrogen) atoms. The first-order chi connectivity index (χ1) is 15.2. The quantitative estimate of drug-likeness (QED) is 0.275. The van der Waals surface area contributed by atoms with Crippen LogP contribution in [0.5, 0.6) is 0 Å². The van der Waals surface area contributed by atoms with Crippen LogP contribution in [0.3, 0.4) is 0 Å². The van der Waals surface area contributed by atoms with Gasteiger partial charge in [0.05, 0.1) is 17.4 Å². The van der Waals surface area contributed by atoms with Crippen LogP contribution >= 0.6 is 0 Å². The van der Waals surface area contributed by atoms with Crippen LogP contribution < -0.4 is 0 Å². The van der Waals surface area contributed by atoms with Crippen LogP contribution in [0.4, 0.5) is 0 Å². The molecule has 0 fully saturated rings. The fraction of sp³-hybridized carbons (Fsp3) is 0.0690. The first-order valence-corrected chi connectivity index (χ1v) is 10.7. The molecule has 2 nitrogen and oxygen atoms in total. The number of hydrogen-bond donors (Lipinski definition) is 0. The smallest absolute Gasteiger partial charge is 0.145 e. The lowest BCUT2D eigenvalue weighted by atomic mass is 9.98. The number of pyridine rings is 1. The molecule has 148 valence electrons. The predicted octanol–water partition coefficient (Wildman–Crippen LogP) is 7.59. The second kappa shape index (κ2) is 6.82. The maximum Gasteiger partial charge on any atom is 0.145 e. The third-order valence-corrected chi connectivity index (χ3v) is 6.30. The van der Waals surface area contributed by atoms with Crippen LogP contribution in [0.1, 0.15) is 11.1 Å². The Morgan fingerprint density at radius 2 is 1.35 bits per heavy atom. The van der Waals surface area contributed by atoms with E-state index in [1.807, 2.05) is 6.20 Å². The molecule has 0 N–H and O–H groups in total. The van der Waals surface area contributed by atoms with E-state index in [1.54, 1.807) is 0 Å². The van der Waals surface area contributed by atoms with E-state index in [-0.39, 0.29) is 0 Å². The molecule has 2 heteroatoms. The van der Waals surface area contributed by atoms with Gasteiger partial charge in [-0.05, 0) is 59.7 Å². The molecule has 0 atom stereocenters. The van der Waals surface area contributed by atoms with Crippen molar-refractivity contribution in [2.45, 2.75) is 13.8 Å². The van der Waals surface area contributed by atoms with Gasteiger partial charge in [0.25, 0.3) is 0 Å². The highest BCUT2D eigenvalue weighted by molar-refractivity contribution is 6.13. The highest BCUT2D eigenvalue weighted by Gasteiger charge is 2.16. The van der Waals surface area contributed by atoms with E-state index in [4.69, 9.17) is 4.98 Å². The monoisotopic (exact) mass is 398 g/mol. The first kappa shape index (κ1) is 17.9. The SMILES string of the molecule is Cc1cccc(C)c1-c1cnc2c3ccc(-c4ccccc4)cc3c3ccccc3n12.